The molecular formula is C34H56O6. The molecule has 0 spiro atoms. The van der Waals surface area contributed by atoms with Crippen molar-refractivity contribution in [3.8, 4) is 0 Å². The van der Waals surface area contributed by atoms with E-state index < -0.39 is 12.4 Å². The molecule has 0 aromatic heterocycles. The highest BCUT2D eigenvalue weighted by Gasteiger charge is 2.67. The van der Waals surface area contributed by atoms with Crippen molar-refractivity contribution in [2.75, 3.05) is 13.2 Å². The summed E-state index contributed by atoms with van der Waals surface area (Å²) in [5, 5.41) is 29.3. The van der Waals surface area contributed by atoms with Gasteiger partial charge < -0.3 is 29.5 Å². The number of allylic oxidation sites excluding steroid dienone is 1. The molecule has 14 atom stereocenters. The first-order chi connectivity index (χ1) is 19.0. The van der Waals surface area contributed by atoms with Gasteiger partial charge in [0.2, 0.25) is 0 Å². The molecule has 0 aromatic rings. The Labute approximate surface area is 242 Å². The van der Waals surface area contributed by atoms with Crippen LogP contribution in [0.5, 0.6) is 0 Å². The van der Waals surface area contributed by atoms with Crippen LogP contribution < -0.4 is 0 Å². The van der Waals surface area contributed by atoms with E-state index in [0.717, 1.165) is 49.9 Å². The van der Waals surface area contributed by atoms with Gasteiger partial charge >= 0.3 is 0 Å². The molecule has 5 fully saturated rings. The quantitative estimate of drug-likeness (QED) is 0.350. The van der Waals surface area contributed by atoms with Gasteiger partial charge in [0.25, 0.3) is 0 Å². The Kier molecular flexibility index (Phi) is 8.05. The van der Waals surface area contributed by atoms with Crippen molar-refractivity contribution in [1.29, 1.82) is 0 Å². The monoisotopic (exact) mass is 560 g/mol. The maximum Gasteiger partial charge on any atom is 0.160 e. The smallest absolute Gasteiger partial charge is 0.160 e. The first-order valence-corrected chi connectivity index (χ1v) is 16.6. The van der Waals surface area contributed by atoms with Gasteiger partial charge in [-0.1, -0.05) is 39.3 Å². The fourth-order valence-electron chi connectivity index (χ4n) is 10.9. The van der Waals surface area contributed by atoms with E-state index in [0.29, 0.717) is 42.1 Å². The molecule has 2 saturated heterocycles. The molecule has 0 amide bonds. The minimum Gasteiger partial charge on any atom is -0.396 e. The van der Waals surface area contributed by atoms with Gasteiger partial charge in [0.15, 0.2) is 6.29 Å². The number of ether oxygens (including phenoxy) is 3. The molecule has 0 aromatic carbocycles. The standard InChI is InChI=1S/C34H56O6/c1-20(18-35)8-13-34(5)21(2)31-29(40-34)17-28-26-7-6-22-14-24(38-30-16-23(37)15-25(19-36)39-30)9-11-32(22,3)27(26)10-12-33(28,31)4/h6,20-21,23-31,35-37H,7-19H2,1-5H3. The lowest BCUT2D eigenvalue weighted by molar-refractivity contribution is -0.242. The Bertz CT molecular complexity index is 953. The van der Waals surface area contributed by atoms with Gasteiger partial charge in [0.05, 0.1) is 36.6 Å². The lowest BCUT2D eigenvalue weighted by Gasteiger charge is -2.58. The topological polar surface area (TPSA) is 88.4 Å². The number of hydrogen-bond acceptors (Lipinski definition) is 6. The highest BCUT2D eigenvalue weighted by molar-refractivity contribution is 5.26. The van der Waals surface area contributed by atoms with Crippen LogP contribution in [0.3, 0.4) is 0 Å². The van der Waals surface area contributed by atoms with Crippen LogP contribution in [0.25, 0.3) is 0 Å². The maximum absolute atomic E-state index is 10.2. The van der Waals surface area contributed by atoms with Gasteiger partial charge in [-0.2, -0.15) is 0 Å². The number of fused-ring (bicyclic) bond motifs is 7. The summed E-state index contributed by atoms with van der Waals surface area (Å²) in [6, 6.07) is 0. The molecule has 3 saturated carbocycles. The van der Waals surface area contributed by atoms with Crippen molar-refractivity contribution >= 4 is 0 Å². The van der Waals surface area contributed by atoms with Crippen LogP contribution in [0.15, 0.2) is 11.6 Å². The number of rotatable bonds is 7. The van der Waals surface area contributed by atoms with Crippen LogP contribution in [0.4, 0.5) is 0 Å². The van der Waals surface area contributed by atoms with Crippen LogP contribution in [0.2, 0.25) is 0 Å². The van der Waals surface area contributed by atoms with Gasteiger partial charge in [-0.3, -0.25) is 0 Å². The zero-order valence-corrected chi connectivity index (χ0v) is 25.7. The average Bonchev–Trinajstić information content (AvgIpc) is 3.36. The summed E-state index contributed by atoms with van der Waals surface area (Å²) in [7, 11) is 0. The molecule has 228 valence electrons. The fourth-order valence-corrected chi connectivity index (χ4v) is 10.9. The maximum atomic E-state index is 10.2. The third-order valence-electron chi connectivity index (χ3n) is 13.4. The van der Waals surface area contributed by atoms with Crippen LogP contribution >= 0.6 is 0 Å². The van der Waals surface area contributed by atoms with Gasteiger partial charge in [-0.15, -0.1) is 0 Å². The van der Waals surface area contributed by atoms with Crippen molar-refractivity contribution in [2.45, 2.75) is 142 Å². The Hall–Kier alpha value is -0.500. The highest BCUT2D eigenvalue weighted by atomic mass is 16.7. The van der Waals surface area contributed by atoms with E-state index in [1.807, 2.05) is 0 Å². The highest BCUT2D eigenvalue weighted by Crippen LogP contribution is 2.70. The molecule has 14 unspecified atom stereocenters. The summed E-state index contributed by atoms with van der Waals surface area (Å²) in [4.78, 5) is 0. The van der Waals surface area contributed by atoms with E-state index in [2.05, 4.69) is 40.7 Å². The van der Waals surface area contributed by atoms with Crippen molar-refractivity contribution in [2.24, 2.45) is 46.3 Å². The first kappa shape index (κ1) is 29.6. The van der Waals surface area contributed by atoms with E-state index in [4.69, 9.17) is 14.2 Å². The SMILES string of the molecule is CC(CO)CCC1(C)OC2CC3C4CC=C5CC(OC6CC(O)CC(CO)O6)CCC5(C)C4CCC3(C)C2C1C. The molecule has 40 heavy (non-hydrogen) atoms. The summed E-state index contributed by atoms with van der Waals surface area (Å²) in [5.74, 6) is 3.76. The second-order valence-corrected chi connectivity index (χ2v) is 15.6. The fraction of sp³-hybridized carbons (Fsp3) is 0.941. The van der Waals surface area contributed by atoms with Crippen molar-refractivity contribution in [3.63, 3.8) is 0 Å². The predicted octanol–water partition coefficient (Wildman–Crippen LogP) is 5.62. The molecule has 4 aliphatic carbocycles. The van der Waals surface area contributed by atoms with Crippen LogP contribution in [0.1, 0.15) is 105 Å². The molecule has 0 bridgehead atoms. The minimum absolute atomic E-state index is 0.0666. The van der Waals surface area contributed by atoms with Gasteiger partial charge in [0.1, 0.15) is 0 Å². The molecule has 2 heterocycles. The van der Waals surface area contributed by atoms with E-state index in [1.165, 1.54) is 25.7 Å². The van der Waals surface area contributed by atoms with Gasteiger partial charge in [-0.25, -0.2) is 0 Å². The third-order valence-corrected chi connectivity index (χ3v) is 13.4. The normalized spacial score (nSPS) is 52.8. The summed E-state index contributed by atoms with van der Waals surface area (Å²) < 4.78 is 19.3. The molecule has 2 aliphatic heterocycles. The molecule has 6 aliphatic rings. The summed E-state index contributed by atoms with van der Waals surface area (Å²) in [6.45, 7) is 12.3. The largest absolute Gasteiger partial charge is 0.396 e. The molecule has 6 nitrogen and oxygen atoms in total. The van der Waals surface area contributed by atoms with E-state index in [9.17, 15) is 15.3 Å². The van der Waals surface area contributed by atoms with Gasteiger partial charge in [-0.05, 0) is 111 Å². The van der Waals surface area contributed by atoms with Crippen LogP contribution in [-0.2, 0) is 14.2 Å². The van der Waals surface area contributed by atoms with Crippen molar-refractivity contribution < 1.29 is 29.5 Å². The lowest BCUT2D eigenvalue weighted by atomic mass is 9.46. The zero-order valence-electron chi connectivity index (χ0n) is 25.7. The zero-order chi connectivity index (χ0) is 28.4. The lowest BCUT2D eigenvalue weighted by Crippen LogP contribution is -2.52. The average molecular weight is 561 g/mol. The Morgan fingerprint density at radius 2 is 1.88 bits per heavy atom. The Morgan fingerprint density at radius 3 is 2.62 bits per heavy atom. The summed E-state index contributed by atoms with van der Waals surface area (Å²) >= 11 is 0. The number of hydrogen-bond donors (Lipinski definition) is 3. The predicted molar refractivity (Wildman–Crippen MR) is 154 cm³/mol. The molecular weight excluding hydrogens is 504 g/mol. The van der Waals surface area contributed by atoms with E-state index in [1.54, 1.807) is 5.57 Å². The summed E-state index contributed by atoms with van der Waals surface area (Å²) in [6.07, 6.45) is 13.2. The molecule has 6 heteroatoms. The second kappa shape index (κ2) is 10.9. The first-order valence-electron chi connectivity index (χ1n) is 16.6. The Balaban J connectivity index is 1.13. The van der Waals surface area contributed by atoms with E-state index >= 15 is 0 Å². The van der Waals surface area contributed by atoms with Crippen LogP contribution in [-0.4, -0.2) is 64.8 Å². The summed E-state index contributed by atoms with van der Waals surface area (Å²) in [5.41, 5.74) is 2.14. The van der Waals surface area contributed by atoms with Crippen LogP contribution in [0, 0.1) is 46.3 Å². The minimum atomic E-state index is -0.462. The molecule has 6 rings (SSSR count). The second-order valence-electron chi connectivity index (χ2n) is 15.6. The molecule has 0 radical (unpaired) electrons. The van der Waals surface area contributed by atoms with Crippen molar-refractivity contribution in [3.05, 3.63) is 11.6 Å². The van der Waals surface area contributed by atoms with Crippen molar-refractivity contribution in [1.82, 2.24) is 0 Å². The Morgan fingerprint density at radius 1 is 1.07 bits per heavy atom. The third kappa shape index (κ3) is 4.85. The van der Waals surface area contributed by atoms with Gasteiger partial charge in [0, 0.05) is 19.4 Å². The van der Waals surface area contributed by atoms with E-state index in [-0.39, 0.29) is 36.4 Å². The molecule has 3 N–H and O–H groups in total. The number of aliphatic hydroxyl groups is 3. The number of aliphatic hydroxyl groups excluding tert-OH is 3.